The molecule has 0 aromatic rings. The van der Waals surface area contributed by atoms with Gasteiger partial charge in [0.2, 0.25) is 0 Å². The molecule has 0 aliphatic heterocycles. The Bertz CT molecular complexity index is 982. The molecule has 22 heteroatoms. The van der Waals surface area contributed by atoms with Crippen molar-refractivity contribution in [2.24, 2.45) is 5.41 Å². The van der Waals surface area contributed by atoms with Gasteiger partial charge in [0.1, 0.15) is 0 Å². The van der Waals surface area contributed by atoms with Crippen molar-refractivity contribution >= 4 is 30.4 Å². The SMILES string of the molecule is CC1=[C-]C(C)(C)C(C)=C1C.O=S(=O)([O-])C(F)(F)F.O=S(=O)([O-])C(F)(F)F.O=S(=O)([O-])C(F)(F)F.[Ti+4]. The van der Waals surface area contributed by atoms with Gasteiger partial charge in [-0.2, -0.15) is 50.7 Å². The standard InChI is InChI=1S/C10H15.3CHF3O3S.Ti/c1-7-6-10(4,5)9(3)8(7)2;3*2-1(3,4)8(5,6)7;/h1-5H3;3*(H,5,6,7);/q-1;;;;+4/p-3. The summed E-state index contributed by atoms with van der Waals surface area (Å²) in [5.41, 5.74) is -12.5. The van der Waals surface area contributed by atoms with Crippen molar-refractivity contribution in [3.8, 4) is 0 Å². The van der Waals surface area contributed by atoms with Crippen molar-refractivity contribution in [1.82, 2.24) is 0 Å². The van der Waals surface area contributed by atoms with E-state index in [4.69, 9.17) is 38.9 Å². The fourth-order valence-corrected chi connectivity index (χ4v) is 1.41. The van der Waals surface area contributed by atoms with Crippen LogP contribution in [0.2, 0.25) is 0 Å². The molecule has 1 rings (SSSR count). The van der Waals surface area contributed by atoms with E-state index < -0.39 is 46.9 Å². The summed E-state index contributed by atoms with van der Waals surface area (Å²) in [6, 6.07) is 0. The maximum atomic E-state index is 10.7. The number of hydrogen-bond acceptors (Lipinski definition) is 9. The Labute approximate surface area is 209 Å². The number of alkyl halides is 9. The Balaban J connectivity index is -0.000000183. The molecule has 0 unspecified atom stereocenters. The monoisotopic (exact) mass is 630 g/mol. The summed E-state index contributed by atoms with van der Waals surface area (Å²) < 4.78 is 177. The Hall–Kier alpha value is -0.706. The molecule has 0 spiro atoms. The largest absolute Gasteiger partial charge is 4.00 e. The van der Waals surface area contributed by atoms with Crippen LogP contribution in [0.3, 0.4) is 0 Å². The fourth-order valence-electron chi connectivity index (χ4n) is 1.41. The van der Waals surface area contributed by atoms with Crippen molar-refractivity contribution in [3.63, 3.8) is 0 Å². The Morgan fingerprint density at radius 2 is 0.800 bits per heavy atom. The smallest absolute Gasteiger partial charge is 0.741 e. The second kappa shape index (κ2) is 13.2. The Morgan fingerprint density at radius 1 is 0.629 bits per heavy atom. The quantitative estimate of drug-likeness (QED) is 0.128. The van der Waals surface area contributed by atoms with Gasteiger partial charge < -0.3 is 13.7 Å². The van der Waals surface area contributed by atoms with Crippen LogP contribution in [0.5, 0.6) is 0 Å². The normalized spacial score (nSPS) is 16.3. The zero-order valence-electron chi connectivity index (χ0n) is 17.8. The van der Waals surface area contributed by atoms with E-state index in [0.29, 0.717) is 0 Å². The molecule has 9 nitrogen and oxygen atoms in total. The van der Waals surface area contributed by atoms with E-state index in [9.17, 15) is 39.5 Å². The molecule has 206 valence electrons. The molecule has 0 N–H and O–H groups in total. The van der Waals surface area contributed by atoms with E-state index >= 15 is 0 Å². The summed E-state index contributed by atoms with van der Waals surface area (Å²) in [6.07, 6.45) is 3.44. The van der Waals surface area contributed by atoms with Gasteiger partial charge in [0, 0.05) is 0 Å². The van der Waals surface area contributed by atoms with Crippen LogP contribution in [0.15, 0.2) is 16.7 Å². The molecule has 0 fully saturated rings. The van der Waals surface area contributed by atoms with Crippen LogP contribution in [0.4, 0.5) is 39.5 Å². The van der Waals surface area contributed by atoms with E-state index in [1.54, 1.807) is 0 Å². The van der Waals surface area contributed by atoms with E-state index in [-0.39, 0.29) is 27.1 Å². The molecular weight excluding hydrogens is 615 g/mol. The van der Waals surface area contributed by atoms with Crippen LogP contribution in [0, 0.1) is 11.5 Å². The fraction of sp³-hybridized carbons (Fsp3) is 0.692. The molecule has 0 saturated carbocycles. The van der Waals surface area contributed by atoms with Crippen LogP contribution in [0.1, 0.15) is 34.6 Å². The third kappa shape index (κ3) is 15.9. The summed E-state index contributed by atoms with van der Waals surface area (Å²) in [4.78, 5) is 0. The average Bonchev–Trinajstić information content (AvgIpc) is 2.65. The van der Waals surface area contributed by atoms with Crippen molar-refractivity contribution < 1.29 is 100 Å². The maximum Gasteiger partial charge on any atom is 4.00 e. The Morgan fingerprint density at radius 3 is 0.829 bits per heavy atom. The first kappa shape index (κ1) is 41.4. The van der Waals surface area contributed by atoms with Gasteiger partial charge in [-0.25, -0.2) is 30.8 Å². The van der Waals surface area contributed by atoms with Gasteiger partial charge in [-0.3, -0.25) is 6.08 Å². The van der Waals surface area contributed by atoms with Crippen molar-refractivity contribution in [2.75, 3.05) is 0 Å². The van der Waals surface area contributed by atoms with Crippen molar-refractivity contribution in [2.45, 2.75) is 51.1 Å². The molecule has 0 atom stereocenters. The van der Waals surface area contributed by atoms with Crippen LogP contribution < -0.4 is 0 Å². The topological polar surface area (TPSA) is 172 Å². The van der Waals surface area contributed by atoms with Crippen LogP contribution in [-0.2, 0) is 52.1 Å². The van der Waals surface area contributed by atoms with Gasteiger partial charge >= 0.3 is 38.2 Å². The number of rotatable bonds is 0. The predicted octanol–water partition coefficient (Wildman–Crippen LogP) is 3.26. The minimum absolute atomic E-state index is 0. The first-order valence-electron chi connectivity index (χ1n) is 7.56. The average molecular weight is 630 g/mol. The summed E-state index contributed by atoms with van der Waals surface area (Å²) >= 11 is 0. The molecular formula is C13H15F9O9S3Ti. The van der Waals surface area contributed by atoms with Gasteiger partial charge in [0.05, 0.1) is 0 Å². The molecule has 1 aliphatic carbocycles. The van der Waals surface area contributed by atoms with Gasteiger partial charge in [0.15, 0.2) is 30.4 Å². The predicted molar refractivity (Wildman–Crippen MR) is 91.8 cm³/mol. The Kier molecular flexibility index (Phi) is 15.6. The minimum Gasteiger partial charge on any atom is -0.741 e. The second-order valence-electron chi connectivity index (χ2n) is 6.32. The molecule has 0 bridgehead atoms. The summed E-state index contributed by atoms with van der Waals surface area (Å²) in [7, 11) is -18.3. The molecule has 0 amide bonds. The van der Waals surface area contributed by atoms with Gasteiger partial charge in [-0.1, -0.05) is 33.1 Å². The van der Waals surface area contributed by atoms with E-state index in [0.717, 1.165) is 0 Å². The third-order valence-electron chi connectivity index (χ3n) is 3.41. The molecule has 0 saturated heterocycles. The number of hydrogen-bond donors (Lipinski definition) is 0. The zero-order chi connectivity index (χ0) is 28.9. The maximum absolute atomic E-state index is 10.7. The van der Waals surface area contributed by atoms with Crippen molar-refractivity contribution in [1.29, 1.82) is 0 Å². The molecule has 35 heavy (non-hydrogen) atoms. The molecule has 0 aromatic carbocycles. The van der Waals surface area contributed by atoms with Crippen LogP contribution >= 0.6 is 0 Å². The first-order valence-corrected chi connectivity index (χ1v) is 11.8. The molecule has 1 aliphatic rings. The zero-order valence-corrected chi connectivity index (χ0v) is 21.8. The van der Waals surface area contributed by atoms with Crippen LogP contribution in [-0.4, -0.2) is 55.4 Å². The van der Waals surface area contributed by atoms with E-state index in [2.05, 4.69) is 40.7 Å². The second-order valence-corrected chi connectivity index (χ2v) is 10.4. The van der Waals surface area contributed by atoms with E-state index in [1.165, 1.54) is 16.7 Å². The van der Waals surface area contributed by atoms with Crippen LogP contribution in [0.25, 0.3) is 0 Å². The van der Waals surface area contributed by atoms with Crippen molar-refractivity contribution in [3.05, 3.63) is 22.8 Å². The molecule has 0 radical (unpaired) electrons. The van der Waals surface area contributed by atoms with Gasteiger partial charge in [0.25, 0.3) is 0 Å². The first-order chi connectivity index (χ1) is 14.2. The third-order valence-corrected chi connectivity index (χ3v) is 5.11. The molecule has 0 aromatic heterocycles. The summed E-state index contributed by atoms with van der Waals surface area (Å²) in [5.74, 6) is 0. The molecule has 0 heterocycles. The number of allylic oxidation sites excluding steroid dienone is 4. The number of halogens is 9. The van der Waals surface area contributed by atoms with Gasteiger partial charge in [-0.15, -0.1) is 6.92 Å². The summed E-state index contributed by atoms with van der Waals surface area (Å²) in [5, 5.41) is 0. The summed E-state index contributed by atoms with van der Waals surface area (Å²) in [6.45, 7) is 10.9. The van der Waals surface area contributed by atoms with E-state index in [1.807, 2.05) is 0 Å². The van der Waals surface area contributed by atoms with Gasteiger partial charge in [-0.05, 0) is 0 Å². The minimum atomic E-state index is -6.09.